The van der Waals surface area contributed by atoms with Crippen LogP contribution in [-0.4, -0.2) is 50.6 Å². The molecule has 7 nitrogen and oxygen atoms in total. The number of anilines is 1. The van der Waals surface area contributed by atoms with E-state index in [1.165, 1.54) is 4.90 Å². The Morgan fingerprint density at radius 2 is 1.96 bits per heavy atom. The second-order valence-corrected chi connectivity index (χ2v) is 4.95. The van der Waals surface area contributed by atoms with Crippen LogP contribution in [0.15, 0.2) is 23.2 Å². The monoisotopic (exact) mass is 322 g/mol. The van der Waals surface area contributed by atoms with E-state index in [0.29, 0.717) is 43.4 Å². The van der Waals surface area contributed by atoms with Gasteiger partial charge in [-0.15, -0.1) is 0 Å². The summed E-state index contributed by atoms with van der Waals surface area (Å²) in [5.74, 6) is 1.62. The summed E-state index contributed by atoms with van der Waals surface area (Å²) in [6, 6.07) is 5.46. The Morgan fingerprint density at radius 1 is 1.26 bits per heavy atom. The Hall–Kier alpha value is -2.44. The van der Waals surface area contributed by atoms with Crippen molar-refractivity contribution in [3.05, 3.63) is 18.2 Å². The molecular weight excluding hydrogens is 296 g/mol. The third-order valence-corrected chi connectivity index (χ3v) is 2.93. The van der Waals surface area contributed by atoms with E-state index < -0.39 is 0 Å². The van der Waals surface area contributed by atoms with Crippen molar-refractivity contribution in [1.29, 1.82) is 0 Å². The summed E-state index contributed by atoms with van der Waals surface area (Å²) in [5.41, 5.74) is 6.55. The Kier molecular flexibility index (Phi) is 7.73. The number of nitrogens with zero attached hydrogens (tertiary/aromatic N) is 2. The maximum Gasteiger partial charge on any atom is 0.223 e. The molecule has 0 saturated carbocycles. The predicted octanol–water partition coefficient (Wildman–Crippen LogP) is 1.69. The number of nitrogens with two attached hydrogens (primary N) is 1. The Bertz CT molecular complexity index is 544. The lowest BCUT2D eigenvalue weighted by atomic mass is 10.2. The number of carbonyl (C=O) groups is 1. The molecule has 0 aliphatic heterocycles. The first-order valence-corrected chi connectivity index (χ1v) is 7.64. The summed E-state index contributed by atoms with van der Waals surface area (Å²) in [4.78, 5) is 17.2. The Labute approximate surface area is 137 Å². The van der Waals surface area contributed by atoms with Crippen molar-refractivity contribution in [2.24, 2.45) is 10.7 Å². The third kappa shape index (κ3) is 6.46. The highest BCUT2D eigenvalue weighted by Crippen LogP contribution is 2.29. The maximum absolute atomic E-state index is 11.5. The minimum Gasteiger partial charge on any atom is -0.494 e. The molecule has 1 amide bonds. The molecule has 0 atom stereocenters. The van der Waals surface area contributed by atoms with Gasteiger partial charge in [-0.05, 0) is 26.0 Å². The molecule has 0 aliphatic carbocycles. The van der Waals surface area contributed by atoms with Crippen LogP contribution in [0.2, 0.25) is 0 Å². The van der Waals surface area contributed by atoms with Crippen LogP contribution in [0, 0.1) is 0 Å². The van der Waals surface area contributed by atoms with Crippen molar-refractivity contribution in [3.8, 4) is 11.5 Å². The molecule has 3 N–H and O–H groups in total. The smallest absolute Gasteiger partial charge is 0.223 e. The van der Waals surface area contributed by atoms with Crippen molar-refractivity contribution in [2.75, 3.05) is 39.2 Å². The van der Waals surface area contributed by atoms with E-state index in [4.69, 9.17) is 15.2 Å². The zero-order chi connectivity index (χ0) is 17.2. The third-order valence-electron chi connectivity index (χ3n) is 2.93. The van der Waals surface area contributed by atoms with Gasteiger partial charge < -0.3 is 25.4 Å². The first kappa shape index (κ1) is 18.6. The average molecular weight is 322 g/mol. The standard InChI is InChI=1S/C16H26N4O3/c1-5-22-12-7-8-14(23-6-2)13(11-12)19-16(17)18-10-9-15(21)20(3)4/h7-8,11H,5-6,9-10H2,1-4H3,(H3,17,18,19). The largest absolute Gasteiger partial charge is 0.494 e. The lowest BCUT2D eigenvalue weighted by molar-refractivity contribution is -0.128. The topological polar surface area (TPSA) is 89.2 Å². The second kappa shape index (κ2) is 9.55. The molecule has 0 unspecified atom stereocenters. The van der Waals surface area contributed by atoms with Crippen molar-refractivity contribution in [3.63, 3.8) is 0 Å². The van der Waals surface area contributed by atoms with Gasteiger partial charge in [-0.2, -0.15) is 0 Å². The highest BCUT2D eigenvalue weighted by atomic mass is 16.5. The number of guanidine groups is 1. The fourth-order valence-electron chi connectivity index (χ4n) is 1.82. The number of benzene rings is 1. The first-order valence-electron chi connectivity index (χ1n) is 7.64. The maximum atomic E-state index is 11.5. The van der Waals surface area contributed by atoms with Crippen LogP contribution in [0.25, 0.3) is 0 Å². The number of aliphatic imine (C=N–C) groups is 1. The summed E-state index contributed by atoms with van der Waals surface area (Å²) >= 11 is 0. The molecular formula is C16H26N4O3. The van der Waals surface area contributed by atoms with Gasteiger partial charge in [0.05, 0.1) is 25.4 Å². The predicted molar refractivity (Wildman–Crippen MR) is 92.2 cm³/mol. The van der Waals surface area contributed by atoms with Crippen LogP contribution in [-0.2, 0) is 4.79 Å². The number of ether oxygens (including phenoxy) is 2. The Morgan fingerprint density at radius 3 is 2.57 bits per heavy atom. The molecule has 0 aliphatic rings. The van der Waals surface area contributed by atoms with Crippen LogP contribution in [0.1, 0.15) is 20.3 Å². The van der Waals surface area contributed by atoms with Crippen LogP contribution in [0.5, 0.6) is 11.5 Å². The van der Waals surface area contributed by atoms with E-state index in [1.54, 1.807) is 14.1 Å². The van der Waals surface area contributed by atoms with Crippen molar-refractivity contribution in [1.82, 2.24) is 4.90 Å². The molecule has 0 bridgehead atoms. The molecule has 0 fully saturated rings. The molecule has 0 saturated heterocycles. The molecule has 23 heavy (non-hydrogen) atoms. The van der Waals surface area contributed by atoms with Gasteiger partial charge in [0.1, 0.15) is 11.5 Å². The number of hydrogen-bond donors (Lipinski definition) is 2. The van der Waals surface area contributed by atoms with Gasteiger partial charge in [0, 0.05) is 26.6 Å². The Balaban J connectivity index is 2.75. The lowest BCUT2D eigenvalue weighted by Crippen LogP contribution is -2.25. The number of carbonyl (C=O) groups excluding carboxylic acids is 1. The van der Waals surface area contributed by atoms with E-state index in [1.807, 2.05) is 32.0 Å². The molecule has 1 aromatic rings. The summed E-state index contributed by atoms with van der Waals surface area (Å²) in [5, 5.41) is 2.99. The van der Waals surface area contributed by atoms with Gasteiger partial charge in [0.15, 0.2) is 5.96 Å². The fraction of sp³-hybridized carbons (Fsp3) is 0.500. The molecule has 128 valence electrons. The van der Waals surface area contributed by atoms with Crippen LogP contribution in [0.3, 0.4) is 0 Å². The summed E-state index contributed by atoms with van der Waals surface area (Å²) in [6.45, 7) is 5.26. The van der Waals surface area contributed by atoms with Gasteiger partial charge >= 0.3 is 0 Å². The second-order valence-electron chi connectivity index (χ2n) is 4.95. The van der Waals surface area contributed by atoms with E-state index in [-0.39, 0.29) is 11.9 Å². The van der Waals surface area contributed by atoms with Gasteiger partial charge in [-0.3, -0.25) is 9.79 Å². The van der Waals surface area contributed by atoms with Gasteiger partial charge in [-0.25, -0.2) is 0 Å². The molecule has 1 aromatic carbocycles. The summed E-state index contributed by atoms with van der Waals surface area (Å²) < 4.78 is 11.0. The lowest BCUT2D eigenvalue weighted by Gasteiger charge is -2.14. The summed E-state index contributed by atoms with van der Waals surface area (Å²) in [7, 11) is 3.42. The van der Waals surface area contributed by atoms with Crippen LogP contribution in [0.4, 0.5) is 5.69 Å². The highest BCUT2D eigenvalue weighted by Gasteiger charge is 2.08. The fourth-order valence-corrected chi connectivity index (χ4v) is 1.82. The van der Waals surface area contributed by atoms with Crippen LogP contribution < -0.4 is 20.5 Å². The number of rotatable bonds is 8. The molecule has 0 aromatic heterocycles. The molecule has 0 heterocycles. The van der Waals surface area contributed by atoms with Crippen LogP contribution >= 0.6 is 0 Å². The number of nitrogens with one attached hydrogen (secondary N) is 1. The number of hydrogen-bond acceptors (Lipinski definition) is 4. The normalized spacial score (nSPS) is 11.0. The van der Waals surface area contributed by atoms with Gasteiger partial charge in [0.25, 0.3) is 0 Å². The quantitative estimate of drug-likeness (QED) is 0.561. The van der Waals surface area contributed by atoms with Gasteiger partial charge in [0.2, 0.25) is 5.91 Å². The average Bonchev–Trinajstić information content (AvgIpc) is 2.50. The highest BCUT2D eigenvalue weighted by molar-refractivity contribution is 5.94. The first-order chi connectivity index (χ1) is 11.0. The summed E-state index contributed by atoms with van der Waals surface area (Å²) in [6.07, 6.45) is 0.312. The minimum atomic E-state index is 0.00917. The van der Waals surface area contributed by atoms with Crippen molar-refractivity contribution >= 4 is 17.6 Å². The molecule has 0 spiro atoms. The minimum absolute atomic E-state index is 0.00917. The molecule has 7 heteroatoms. The zero-order valence-corrected chi connectivity index (χ0v) is 14.3. The van der Waals surface area contributed by atoms with E-state index >= 15 is 0 Å². The SMILES string of the molecule is CCOc1ccc(OCC)c(NC(N)=NCCC(=O)N(C)C)c1. The van der Waals surface area contributed by atoms with E-state index in [2.05, 4.69) is 10.3 Å². The van der Waals surface area contributed by atoms with Crippen molar-refractivity contribution in [2.45, 2.75) is 20.3 Å². The molecule has 0 radical (unpaired) electrons. The van der Waals surface area contributed by atoms with E-state index in [0.717, 1.165) is 0 Å². The van der Waals surface area contributed by atoms with E-state index in [9.17, 15) is 4.79 Å². The zero-order valence-electron chi connectivity index (χ0n) is 14.3. The molecule has 1 rings (SSSR count). The van der Waals surface area contributed by atoms with Crippen molar-refractivity contribution < 1.29 is 14.3 Å². The number of amides is 1. The van der Waals surface area contributed by atoms with Gasteiger partial charge in [-0.1, -0.05) is 0 Å².